The molecule has 1 aliphatic heterocycles. The first-order valence-corrected chi connectivity index (χ1v) is 11.1. The van der Waals surface area contributed by atoms with Crippen molar-refractivity contribution >= 4 is 11.9 Å². The van der Waals surface area contributed by atoms with Crippen molar-refractivity contribution in [3.05, 3.63) is 35.5 Å². The van der Waals surface area contributed by atoms with E-state index < -0.39 is 23.8 Å². The molecule has 2 heterocycles. The van der Waals surface area contributed by atoms with Crippen LogP contribution < -0.4 is 4.74 Å². The summed E-state index contributed by atoms with van der Waals surface area (Å²) in [4.78, 5) is 25.3. The van der Waals surface area contributed by atoms with Crippen LogP contribution in [0.4, 0.5) is 13.2 Å². The molecular formula is C22H25F3N4O4. The van der Waals surface area contributed by atoms with Gasteiger partial charge in [-0.15, -0.1) is 0 Å². The largest absolute Gasteiger partial charge is 0.491 e. The van der Waals surface area contributed by atoms with Gasteiger partial charge in [-0.05, 0) is 75.2 Å². The summed E-state index contributed by atoms with van der Waals surface area (Å²) in [7, 11) is 0. The second kappa shape index (κ2) is 9.90. The second-order valence-corrected chi connectivity index (χ2v) is 8.44. The molecule has 2 fully saturated rings. The van der Waals surface area contributed by atoms with E-state index in [2.05, 4.69) is 25.0 Å². The number of esters is 2. The molecule has 1 saturated heterocycles. The summed E-state index contributed by atoms with van der Waals surface area (Å²) in [5.74, 6) is -3.81. The number of aromatic amines is 1. The van der Waals surface area contributed by atoms with Gasteiger partial charge in [0.15, 0.2) is 0 Å². The van der Waals surface area contributed by atoms with E-state index in [1.807, 2.05) is 12.1 Å². The quantitative estimate of drug-likeness (QED) is 0.517. The van der Waals surface area contributed by atoms with Gasteiger partial charge in [0.25, 0.3) is 5.88 Å². The Morgan fingerprint density at radius 3 is 2.30 bits per heavy atom. The van der Waals surface area contributed by atoms with Crippen LogP contribution in [-0.4, -0.2) is 57.6 Å². The molecule has 0 bridgehead atoms. The standard InChI is InChI=1S/C22H25F3N4O4/c23-22(24,25)21(31)33-20(30)18-19(27-28-26-18)32-17-10-6-15(7-11-17)14-4-8-16(9-5-14)29-12-2-1-3-13-29/h6-7,10-11,14,16H,1-5,8-9,12-13H2,(H,26,27,28). The highest BCUT2D eigenvalue weighted by atomic mass is 19.4. The lowest BCUT2D eigenvalue weighted by atomic mass is 9.81. The minimum Gasteiger partial charge on any atom is -0.436 e. The molecule has 178 valence electrons. The van der Waals surface area contributed by atoms with Crippen LogP contribution in [0.3, 0.4) is 0 Å². The zero-order chi connectivity index (χ0) is 23.4. The van der Waals surface area contributed by atoms with Crippen molar-refractivity contribution < 1.29 is 32.2 Å². The highest BCUT2D eigenvalue weighted by Crippen LogP contribution is 2.36. The highest BCUT2D eigenvalue weighted by molar-refractivity contribution is 5.98. The number of alkyl halides is 3. The fraction of sp³-hybridized carbons (Fsp3) is 0.545. The molecule has 11 heteroatoms. The maximum atomic E-state index is 12.3. The molecule has 1 aromatic carbocycles. The lowest BCUT2D eigenvalue weighted by molar-refractivity contribution is -0.193. The molecule has 0 atom stereocenters. The molecule has 2 aromatic rings. The number of aromatic nitrogens is 3. The third kappa shape index (κ3) is 5.70. The van der Waals surface area contributed by atoms with Gasteiger partial charge in [-0.1, -0.05) is 28.9 Å². The fourth-order valence-electron chi connectivity index (χ4n) is 4.59. The zero-order valence-corrected chi connectivity index (χ0v) is 17.9. The van der Waals surface area contributed by atoms with E-state index in [9.17, 15) is 22.8 Å². The molecule has 0 amide bonds. The monoisotopic (exact) mass is 466 g/mol. The first kappa shape index (κ1) is 23.2. The van der Waals surface area contributed by atoms with Crippen molar-refractivity contribution in [2.75, 3.05) is 13.1 Å². The smallest absolute Gasteiger partial charge is 0.436 e. The zero-order valence-electron chi connectivity index (χ0n) is 17.9. The van der Waals surface area contributed by atoms with E-state index in [0.717, 1.165) is 12.8 Å². The van der Waals surface area contributed by atoms with E-state index in [1.54, 1.807) is 12.1 Å². The SMILES string of the molecule is O=C(OC(=O)C(F)(F)F)c1[nH]nnc1Oc1ccc(C2CCC(N3CCCCC3)CC2)cc1. The number of ether oxygens (including phenoxy) is 2. The van der Waals surface area contributed by atoms with E-state index >= 15 is 0 Å². The van der Waals surface area contributed by atoms with Crippen molar-refractivity contribution in [2.45, 2.75) is 63.1 Å². The Bertz CT molecular complexity index is 963. The maximum Gasteiger partial charge on any atom is 0.491 e. The van der Waals surface area contributed by atoms with Gasteiger partial charge >= 0.3 is 18.1 Å². The normalized spacial score (nSPS) is 22.0. The molecular weight excluding hydrogens is 441 g/mol. The number of nitrogens with zero attached hydrogens (tertiary/aromatic N) is 3. The van der Waals surface area contributed by atoms with Gasteiger partial charge in [-0.25, -0.2) is 14.7 Å². The van der Waals surface area contributed by atoms with Gasteiger partial charge in [0.2, 0.25) is 5.69 Å². The summed E-state index contributed by atoms with van der Waals surface area (Å²) < 4.78 is 46.2. The minimum atomic E-state index is -5.30. The predicted octanol–water partition coefficient (Wildman–Crippen LogP) is 4.35. The summed E-state index contributed by atoms with van der Waals surface area (Å²) in [5, 5.41) is 8.98. The van der Waals surface area contributed by atoms with Crippen molar-refractivity contribution in [1.29, 1.82) is 0 Å². The third-order valence-electron chi connectivity index (χ3n) is 6.31. The molecule has 1 aromatic heterocycles. The number of piperidine rings is 1. The van der Waals surface area contributed by atoms with E-state index in [-0.39, 0.29) is 5.88 Å². The average molecular weight is 466 g/mol. The molecule has 33 heavy (non-hydrogen) atoms. The van der Waals surface area contributed by atoms with E-state index in [4.69, 9.17) is 4.74 Å². The van der Waals surface area contributed by atoms with Gasteiger partial charge < -0.3 is 14.4 Å². The first-order valence-electron chi connectivity index (χ1n) is 11.1. The predicted molar refractivity (Wildman–Crippen MR) is 110 cm³/mol. The molecule has 2 aliphatic rings. The molecule has 1 saturated carbocycles. The number of hydrogen-bond acceptors (Lipinski definition) is 7. The third-order valence-corrected chi connectivity index (χ3v) is 6.31. The highest BCUT2D eigenvalue weighted by Gasteiger charge is 2.43. The minimum absolute atomic E-state index is 0.325. The van der Waals surface area contributed by atoms with Crippen molar-refractivity contribution in [2.24, 2.45) is 0 Å². The Balaban J connectivity index is 1.33. The second-order valence-electron chi connectivity index (χ2n) is 8.44. The van der Waals surface area contributed by atoms with Crippen LogP contribution in [0.2, 0.25) is 0 Å². The molecule has 8 nitrogen and oxygen atoms in total. The molecule has 0 radical (unpaired) electrons. The Hall–Kier alpha value is -2.95. The molecule has 0 unspecified atom stereocenters. The lowest BCUT2D eigenvalue weighted by Gasteiger charge is -2.39. The number of halogens is 3. The summed E-state index contributed by atoms with van der Waals surface area (Å²) >= 11 is 0. The number of H-pyrrole nitrogens is 1. The van der Waals surface area contributed by atoms with Crippen LogP contribution in [0.15, 0.2) is 24.3 Å². The van der Waals surface area contributed by atoms with Gasteiger partial charge in [-0.3, -0.25) is 0 Å². The molecule has 1 aliphatic carbocycles. The van der Waals surface area contributed by atoms with Crippen molar-refractivity contribution in [3.63, 3.8) is 0 Å². The Morgan fingerprint density at radius 1 is 1.00 bits per heavy atom. The fourth-order valence-corrected chi connectivity index (χ4v) is 4.59. The molecule has 0 spiro atoms. The first-order chi connectivity index (χ1) is 15.8. The summed E-state index contributed by atoms with van der Waals surface area (Å²) in [6.07, 6.45) is 3.24. The average Bonchev–Trinajstić information content (AvgIpc) is 3.28. The number of benzene rings is 1. The topological polar surface area (TPSA) is 97.4 Å². The maximum absolute atomic E-state index is 12.3. The number of hydrogen-bond donors (Lipinski definition) is 1. The van der Waals surface area contributed by atoms with E-state index in [0.29, 0.717) is 17.7 Å². The number of carbonyl (C=O) groups is 2. The number of nitrogens with one attached hydrogen (secondary N) is 1. The molecule has 1 N–H and O–H groups in total. The van der Waals surface area contributed by atoms with Gasteiger partial charge in [-0.2, -0.15) is 13.2 Å². The van der Waals surface area contributed by atoms with Crippen molar-refractivity contribution in [3.8, 4) is 11.6 Å². The number of rotatable bonds is 5. The summed E-state index contributed by atoms with van der Waals surface area (Å²) in [6.45, 7) is 2.42. The van der Waals surface area contributed by atoms with Crippen LogP contribution in [-0.2, 0) is 9.53 Å². The van der Waals surface area contributed by atoms with Crippen molar-refractivity contribution in [1.82, 2.24) is 20.3 Å². The van der Waals surface area contributed by atoms with Gasteiger partial charge in [0, 0.05) is 6.04 Å². The number of likely N-dealkylation sites (tertiary alicyclic amines) is 1. The van der Waals surface area contributed by atoms with Crippen LogP contribution in [0, 0.1) is 0 Å². The Morgan fingerprint density at radius 2 is 1.67 bits per heavy atom. The van der Waals surface area contributed by atoms with Crippen LogP contribution in [0.1, 0.15) is 66.9 Å². The van der Waals surface area contributed by atoms with Crippen LogP contribution in [0.25, 0.3) is 0 Å². The summed E-state index contributed by atoms with van der Waals surface area (Å²) in [6, 6.07) is 7.96. The Kier molecular flexibility index (Phi) is 6.96. The number of carbonyl (C=O) groups excluding carboxylic acids is 2. The van der Waals surface area contributed by atoms with Gasteiger partial charge in [0.05, 0.1) is 0 Å². The summed E-state index contributed by atoms with van der Waals surface area (Å²) in [5.41, 5.74) is 0.600. The van der Waals surface area contributed by atoms with Crippen LogP contribution in [0.5, 0.6) is 11.6 Å². The van der Waals surface area contributed by atoms with Gasteiger partial charge in [0.1, 0.15) is 5.75 Å². The van der Waals surface area contributed by atoms with Crippen LogP contribution >= 0.6 is 0 Å². The Labute approximate surface area is 188 Å². The lowest BCUT2D eigenvalue weighted by Crippen LogP contribution is -2.41. The molecule has 4 rings (SSSR count). The van der Waals surface area contributed by atoms with E-state index in [1.165, 1.54) is 50.8 Å².